The van der Waals surface area contributed by atoms with Crippen molar-refractivity contribution in [1.82, 2.24) is 5.32 Å². The number of rotatable bonds is 5. The van der Waals surface area contributed by atoms with Crippen LogP contribution in [-0.2, 0) is 14.8 Å². The zero-order valence-corrected chi connectivity index (χ0v) is 13.8. The summed E-state index contributed by atoms with van der Waals surface area (Å²) >= 11 is 3.16. The van der Waals surface area contributed by atoms with Gasteiger partial charge in [0.1, 0.15) is 0 Å². The van der Waals surface area contributed by atoms with Gasteiger partial charge in [-0.1, -0.05) is 15.9 Å². The van der Waals surface area contributed by atoms with Crippen molar-refractivity contribution in [3.05, 3.63) is 28.2 Å². The van der Waals surface area contributed by atoms with Crippen molar-refractivity contribution in [3.63, 3.8) is 0 Å². The summed E-state index contributed by atoms with van der Waals surface area (Å²) in [6.45, 7) is 3.93. The van der Waals surface area contributed by atoms with E-state index >= 15 is 0 Å². The Labute approximate surface area is 126 Å². The van der Waals surface area contributed by atoms with Gasteiger partial charge in [0, 0.05) is 17.1 Å². The molecule has 0 aromatic heterocycles. The fraction of sp³-hybridized carbons (Fsp3) is 0.417. The van der Waals surface area contributed by atoms with Crippen LogP contribution in [0.5, 0.6) is 0 Å². The number of methoxy groups -OCH3 is 1. The number of hydrogen-bond donors (Lipinski definition) is 2. The van der Waals surface area contributed by atoms with E-state index in [0.29, 0.717) is 11.1 Å². The predicted octanol–water partition coefficient (Wildman–Crippen LogP) is 1.25. The second-order valence-electron chi connectivity index (χ2n) is 4.99. The van der Waals surface area contributed by atoms with E-state index in [-0.39, 0.29) is 10.5 Å². The smallest absolute Gasteiger partial charge is 0.251 e. The molecule has 0 fully saturated rings. The Balaban J connectivity index is 3.09. The highest BCUT2D eigenvalue weighted by Gasteiger charge is 2.22. The van der Waals surface area contributed by atoms with Crippen molar-refractivity contribution in [1.29, 1.82) is 0 Å². The van der Waals surface area contributed by atoms with Crippen LogP contribution in [0.3, 0.4) is 0 Å². The van der Waals surface area contributed by atoms with Crippen LogP contribution in [0.25, 0.3) is 0 Å². The van der Waals surface area contributed by atoms with Gasteiger partial charge >= 0.3 is 0 Å². The number of carbonyl (C=O) groups is 1. The first kappa shape index (κ1) is 17.1. The normalized spacial score (nSPS) is 12.2. The summed E-state index contributed by atoms with van der Waals surface area (Å²) in [7, 11) is -2.34. The molecule has 0 aliphatic rings. The van der Waals surface area contributed by atoms with Crippen molar-refractivity contribution >= 4 is 31.9 Å². The second kappa shape index (κ2) is 6.21. The first-order valence-electron chi connectivity index (χ1n) is 5.70. The molecule has 0 aliphatic carbocycles. The summed E-state index contributed by atoms with van der Waals surface area (Å²) < 4.78 is 28.2. The molecular formula is C12H17BrN2O4S. The van der Waals surface area contributed by atoms with E-state index < -0.39 is 21.5 Å². The average molecular weight is 365 g/mol. The van der Waals surface area contributed by atoms with E-state index in [1.165, 1.54) is 25.3 Å². The van der Waals surface area contributed by atoms with E-state index in [9.17, 15) is 13.2 Å². The molecule has 0 spiro atoms. The molecule has 1 aromatic carbocycles. The third kappa shape index (κ3) is 4.86. The summed E-state index contributed by atoms with van der Waals surface area (Å²) in [5.74, 6) is -0.404. The molecule has 0 heterocycles. The second-order valence-corrected chi connectivity index (χ2v) is 7.47. The van der Waals surface area contributed by atoms with Gasteiger partial charge in [0.05, 0.1) is 17.0 Å². The highest BCUT2D eigenvalue weighted by molar-refractivity contribution is 9.10. The number of hydrogen-bond acceptors (Lipinski definition) is 4. The van der Waals surface area contributed by atoms with Gasteiger partial charge < -0.3 is 10.1 Å². The zero-order chi connectivity index (χ0) is 15.6. The summed E-state index contributed by atoms with van der Waals surface area (Å²) in [5, 5.41) is 7.83. The monoisotopic (exact) mass is 364 g/mol. The van der Waals surface area contributed by atoms with Crippen molar-refractivity contribution in [3.8, 4) is 0 Å². The summed E-state index contributed by atoms with van der Waals surface area (Å²) in [6.07, 6.45) is 0. The van der Waals surface area contributed by atoms with Gasteiger partial charge in [-0.15, -0.1) is 0 Å². The van der Waals surface area contributed by atoms with Gasteiger partial charge in [-0.3, -0.25) is 4.79 Å². The number of nitrogens with two attached hydrogens (primary N) is 1. The van der Waals surface area contributed by atoms with Gasteiger partial charge in [-0.25, -0.2) is 13.6 Å². The maximum absolute atomic E-state index is 12.1. The number of benzene rings is 1. The molecule has 1 amide bonds. The lowest BCUT2D eigenvalue weighted by molar-refractivity contribution is 0.0819. The highest BCUT2D eigenvalue weighted by atomic mass is 79.9. The van der Waals surface area contributed by atoms with E-state index in [4.69, 9.17) is 9.88 Å². The lowest BCUT2D eigenvalue weighted by atomic mass is 10.1. The Morgan fingerprint density at radius 3 is 2.50 bits per heavy atom. The predicted molar refractivity (Wildman–Crippen MR) is 78.9 cm³/mol. The van der Waals surface area contributed by atoms with Crippen LogP contribution in [0, 0.1) is 0 Å². The van der Waals surface area contributed by atoms with Gasteiger partial charge in [0.25, 0.3) is 5.91 Å². The molecule has 0 saturated carbocycles. The molecule has 3 N–H and O–H groups in total. The Hall–Kier alpha value is -0.960. The minimum absolute atomic E-state index is 0.124. The number of carbonyl (C=O) groups excluding carboxylic acids is 1. The average Bonchev–Trinajstić information content (AvgIpc) is 2.26. The fourth-order valence-corrected chi connectivity index (χ4v) is 2.86. The first-order valence-corrected chi connectivity index (χ1v) is 8.04. The quantitative estimate of drug-likeness (QED) is 0.821. The van der Waals surface area contributed by atoms with E-state index in [1.807, 2.05) is 0 Å². The Morgan fingerprint density at radius 1 is 1.40 bits per heavy atom. The summed E-state index contributed by atoms with van der Waals surface area (Å²) in [5.41, 5.74) is -0.372. The molecule has 0 aliphatic heterocycles. The standard InChI is InChI=1S/C12H17BrN2O4S/c1-12(2,7-19-3)15-11(16)8-4-9(13)6-10(5-8)20(14,17)18/h4-6H,7H2,1-3H3,(H,15,16)(H2,14,17,18). The topological polar surface area (TPSA) is 98.5 Å². The van der Waals surface area contributed by atoms with Crippen LogP contribution < -0.4 is 10.5 Å². The van der Waals surface area contributed by atoms with Crippen molar-refractivity contribution < 1.29 is 17.9 Å². The molecule has 1 rings (SSSR count). The number of halogens is 1. The van der Waals surface area contributed by atoms with Crippen LogP contribution >= 0.6 is 15.9 Å². The minimum Gasteiger partial charge on any atom is -0.382 e. The Bertz CT molecular complexity index is 614. The van der Waals surface area contributed by atoms with Crippen LogP contribution in [0.1, 0.15) is 24.2 Å². The van der Waals surface area contributed by atoms with Gasteiger partial charge in [-0.05, 0) is 32.0 Å². The molecule has 0 bridgehead atoms. The van der Waals surface area contributed by atoms with Crippen LogP contribution in [0.4, 0.5) is 0 Å². The van der Waals surface area contributed by atoms with Crippen molar-refractivity contribution in [2.75, 3.05) is 13.7 Å². The summed E-state index contributed by atoms with van der Waals surface area (Å²) in [4.78, 5) is 12.0. The molecule has 20 heavy (non-hydrogen) atoms. The van der Waals surface area contributed by atoms with Gasteiger partial charge in [0.2, 0.25) is 10.0 Å². The van der Waals surface area contributed by atoms with Crippen LogP contribution in [-0.4, -0.2) is 33.6 Å². The molecule has 0 atom stereocenters. The van der Waals surface area contributed by atoms with Gasteiger partial charge in [0.15, 0.2) is 0 Å². The molecule has 0 radical (unpaired) electrons. The number of sulfonamides is 1. The summed E-state index contributed by atoms with van der Waals surface area (Å²) in [6, 6.07) is 4.09. The highest BCUT2D eigenvalue weighted by Crippen LogP contribution is 2.19. The largest absolute Gasteiger partial charge is 0.382 e. The maximum Gasteiger partial charge on any atom is 0.251 e. The molecule has 8 heteroatoms. The lowest BCUT2D eigenvalue weighted by Crippen LogP contribution is -2.46. The Morgan fingerprint density at radius 2 is 2.00 bits per heavy atom. The molecule has 0 unspecified atom stereocenters. The molecule has 6 nitrogen and oxygen atoms in total. The van der Waals surface area contributed by atoms with Crippen molar-refractivity contribution in [2.24, 2.45) is 5.14 Å². The number of amides is 1. The fourth-order valence-electron chi connectivity index (χ4n) is 1.63. The first-order chi connectivity index (χ1) is 9.05. The van der Waals surface area contributed by atoms with E-state index in [0.717, 1.165) is 0 Å². The third-order valence-electron chi connectivity index (χ3n) is 2.42. The van der Waals surface area contributed by atoms with Gasteiger partial charge in [-0.2, -0.15) is 0 Å². The Kier molecular flexibility index (Phi) is 5.31. The number of ether oxygens (including phenoxy) is 1. The molecule has 112 valence electrons. The third-order valence-corrected chi connectivity index (χ3v) is 3.77. The van der Waals surface area contributed by atoms with E-state index in [1.54, 1.807) is 13.8 Å². The lowest BCUT2D eigenvalue weighted by Gasteiger charge is -2.25. The maximum atomic E-state index is 12.1. The number of nitrogens with one attached hydrogen (secondary N) is 1. The molecular weight excluding hydrogens is 348 g/mol. The van der Waals surface area contributed by atoms with Crippen LogP contribution in [0.2, 0.25) is 0 Å². The number of primary sulfonamides is 1. The van der Waals surface area contributed by atoms with E-state index in [2.05, 4.69) is 21.2 Å². The van der Waals surface area contributed by atoms with Crippen LogP contribution in [0.15, 0.2) is 27.6 Å². The zero-order valence-electron chi connectivity index (χ0n) is 11.4. The minimum atomic E-state index is -3.87. The van der Waals surface area contributed by atoms with Crippen molar-refractivity contribution in [2.45, 2.75) is 24.3 Å². The SMILES string of the molecule is COCC(C)(C)NC(=O)c1cc(Br)cc(S(N)(=O)=O)c1. The molecule has 0 saturated heterocycles. The molecule has 1 aromatic rings.